The Morgan fingerprint density at radius 2 is 1.88 bits per heavy atom. The lowest BCUT2D eigenvalue weighted by atomic mass is 10.2. The third kappa shape index (κ3) is 7.21. The number of carbonyl (C=O) groups is 2. The maximum absolute atomic E-state index is 11.8. The van der Waals surface area contributed by atoms with E-state index in [2.05, 4.69) is 5.32 Å². The van der Waals surface area contributed by atoms with Gasteiger partial charge in [0.05, 0.1) is 13.0 Å². The molecule has 2 aromatic rings. The third-order valence-corrected chi connectivity index (χ3v) is 3.47. The molecular formula is C21H23NO4. The second-order valence-electron chi connectivity index (χ2n) is 5.53. The van der Waals surface area contributed by atoms with E-state index < -0.39 is 0 Å². The van der Waals surface area contributed by atoms with Gasteiger partial charge in [-0.25, -0.2) is 0 Å². The van der Waals surface area contributed by atoms with Crippen LogP contribution in [0.15, 0.2) is 60.7 Å². The van der Waals surface area contributed by atoms with Crippen molar-refractivity contribution in [3.8, 4) is 5.75 Å². The molecule has 0 aromatic heterocycles. The van der Waals surface area contributed by atoms with Crippen molar-refractivity contribution in [2.45, 2.75) is 20.0 Å². The molecule has 0 saturated heterocycles. The molecule has 0 atom stereocenters. The molecule has 1 N–H and O–H groups in total. The second kappa shape index (κ2) is 10.7. The maximum Gasteiger partial charge on any atom is 0.307 e. The van der Waals surface area contributed by atoms with Gasteiger partial charge in [0, 0.05) is 12.6 Å². The smallest absolute Gasteiger partial charge is 0.307 e. The van der Waals surface area contributed by atoms with Gasteiger partial charge in [-0.2, -0.15) is 0 Å². The quantitative estimate of drug-likeness (QED) is 0.555. The number of hydrogen-bond acceptors (Lipinski definition) is 4. The summed E-state index contributed by atoms with van der Waals surface area (Å²) in [7, 11) is 0. The van der Waals surface area contributed by atoms with Crippen LogP contribution >= 0.6 is 0 Å². The van der Waals surface area contributed by atoms with Crippen molar-refractivity contribution in [1.29, 1.82) is 0 Å². The number of hydrogen-bond donors (Lipinski definition) is 1. The molecule has 0 spiro atoms. The van der Waals surface area contributed by atoms with Crippen LogP contribution in [0, 0.1) is 0 Å². The van der Waals surface area contributed by atoms with Crippen LogP contribution in [0.5, 0.6) is 5.75 Å². The number of carbonyl (C=O) groups excluding carboxylic acids is 2. The van der Waals surface area contributed by atoms with Gasteiger partial charge >= 0.3 is 5.97 Å². The Labute approximate surface area is 153 Å². The van der Waals surface area contributed by atoms with E-state index in [-0.39, 0.29) is 24.8 Å². The van der Waals surface area contributed by atoms with Gasteiger partial charge < -0.3 is 14.8 Å². The molecule has 0 aliphatic heterocycles. The van der Waals surface area contributed by atoms with Crippen molar-refractivity contribution in [3.05, 3.63) is 71.8 Å². The van der Waals surface area contributed by atoms with Gasteiger partial charge in [-0.3, -0.25) is 9.59 Å². The molecule has 2 rings (SSSR count). The van der Waals surface area contributed by atoms with Crippen LogP contribution in [0.1, 0.15) is 24.5 Å². The zero-order valence-electron chi connectivity index (χ0n) is 14.8. The Morgan fingerprint density at radius 1 is 1.08 bits per heavy atom. The highest BCUT2D eigenvalue weighted by atomic mass is 16.5. The Kier molecular flexibility index (Phi) is 7.93. The predicted octanol–water partition coefficient (Wildman–Crippen LogP) is 3.35. The molecule has 1 amide bonds. The number of rotatable bonds is 9. The second-order valence-corrected chi connectivity index (χ2v) is 5.53. The minimum Gasteiger partial charge on any atom is -0.489 e. The van der Waals surface area contributed by atoms with Crippen LogP contribution in [-0.2, 0) is 20.9 Å². The summed E-state index contributed by atoms with van der Waals surface area (Å²) in [4.78, 5) is 23.0. The first-order chi connectivity index (χ1) is 12.7. The molecule has 0 aliphatic rings. The van der Waals surface area contributed by atoms with Gasteiger partial charge in [-0.15, -0.1) is 0 Å². The Bertz CT molecular complexity index is 741. The highest BCUT2D eigenvalue weighted by molar-refractivity contribution is 5.91. The monoisotopic (exact) mass is 353 g/mol. The van der Waals surface area contributed by atoms with Gasteiger partial charge in [0.2, 0.25) is 5.91 Å². The van der Waals surface area contributed by atoms with Crippen LogP contribution in [-0.4, -0.2) is 25.0 Å². The first-order valence-electron chi connectivity index (χ1n) is 8.55. The summed E-state index contributed by atoms with van der Waals surface area (Å²) in [6, 6.07) is 17.4. The molecule has 0 saturated carbocycles. The van der Waals surface area contributed by atoms with Crippen molar-refractivity contribution in [2.75, 3.05) is 13.2 Å². The Hall–Kier alpha value is -3.08. The van der Waals surface area contributed by atoms with Crippen molar-refractivity contribution >= 4 is 18.0 Å². The minimum atomic E-state index is -0.319. The van der Waals surface area contributed by atoms with Crippen molar-refractivity contribution in [3.63, 3.8) is 0 Å². The molecule has 0 aliphatic carbocycles. The highest BCUT2D eigenvalue weighted by Gasteiger charge is 2.02. The van der Waals surface area contributed by atoms with Gasteiger partial charge in [-0.05, 0) is 36.3 Å². The highest BCUT2D eigenvalue weighted by Crippen LogP contribution is 2.16. The summed E-state index contributed by atoms with van der Waals surface area (Å²) in [6.07, 6.45) is 3.30. The lowest BCUT2D eigenvalue weighted by Gasteiger charge is -2.07. The van der Waals surface area contributed by atoms with Crippen LogP contribution in [0.3, 0.4) is 0 Å². The fourth-order valence-electron chi connectivity index (χ4n) is 2.20. The molecule has 0 bridgehead atoms. The van der Waals surface area contributed by atoms with Gasteiger partial charge in [0.1, 0.15) is 12.4 Å². The Morgan fingerprint density at radius 3 is 2.65 bits per heavy atom. The van der Waals surface area contributed by atoms with Crippen LogP contribution in [0.2, 0.25) is 0 Å². The van der Waals surface area contributed by atoms with E-state index in [0.29, 0.717) is 13.2 Å². The maximum atomic E-state index is 11.8. The number of nitrogens with one attached hydrogen (secondary N) is 1. The van der Waals surface area contributed by atoms with Crippen molar-refractivity contribution in [1.82, 2.24) is 5.32 Å². The zero-order valence-corrected chi connectivity index (χ0v) is 14.8. The third-order valence-electron chi connectivity index (χ3n) is 3.47. The van der Waals surface area contributed by atoms with Crippen molar-refractivity contribution in [2.24, 2.45) is 0 Å². The molecular weight excluding hydrogens is 330 g/mol. The van der Waals surface area contributed by atoms with Gasteiger partial charge in [-0.1, -0.05) is 42.5 Å². The molecule has 0 fully saturated rings. The van der Waals surface area contributed by atoms with E-state index in [1.165, 1.54) is 6.08 Å². The topological polar surface area (TPSA) is 64.6 Å². The molecule has 0 heterocycles. The summed E-state index contributed by atoms with van der Waals surface area (Å²) in [5.74, 6) is 0.156. The average molecular weight is 353 g/mol. The van der Waals surface area contributed by atoms with E-state index in [0.717, 1.165) is 16.9 Å². The summed E-state index contributed by atoms with van der Waals surface area (Å²) >= 11 is 0. The van der Waals surface area contributed by atoms with Crippen LogP contribution < -0.4 is 10.1 Å². The van der Waals surface area contributed by atoms with E-state index in [4.69, 9.17) is 9.47 Å². The molecule has 5 nitrogen and oxygen atoms in total. The normalized spacial score (nSPS) is 10.5. The predicted molar refractivity (Wildman–Crippen MR) is 101 cm³/mol. The average Bonchev–Trinajstić information content (AvgIpc) is 2.66. The summed E-state index contributed by atoms with van der Waals surface area (Å²) in [5.41, 5.74) is 1.95. The number of amides is 1. The van der Waals surface area contributed by atoms with E-state index in [1.54, 1.807) is 13.0 Å². The van der Waals surface area contributed by atoms with E-state index in [9.17, 15) is 9.59 Å². The van der Waals surface area contributed by atoms with E-state index >= 15 is 0 Å². The summed E-state index contributed by atoms with van der Waals surface area (Å²) in [6.45, 7) is 2.83. The molecule has 136 valence electrons. The Balaban J connectivity index is 1.80. The molecule has 0 radical (unpaired) electrons. The number of esters is 1. The van der Waals surface area contributed by atoms with Gasteiger partial charge in [0.25, 0.3) is 0 Å². The standard InChI is InChI=1S/C21H23NO4/c1-2-25-21(24)13-14-22-20(23)12-11-17-9-6-10-19(15-17)26-16-18-7-4-3-5-8-18/h3-12,15H,2,13-14,16H2,1H3,(H,22,23)/b12-11+. The summed E-state index contributed by atoms with van der Waals surface area (Å²) < 4.78 is 10.6. The molecule has 0 unspecified atom stereocenters. The van der Waals surface area contributed by atoms with Crippen LogP contribution in [0.25, 0.3) is 6.08 Å². The lowest BCUT2D eigenvalue weighted by molar-refractivity contribution is -0.142. The number of ether oxygens (including phenoxy) is 2. The van der Waals surface area contributed by atoms with Gasteiger partial charge in [0.15, 0.2) is 0 Å². The molecule has 2 aromatic carbocycles. The first kappa shape index (κ1) is 19.2. The zero-order chi connectivity index (χ0) is 18.6. The molecule has 26 heavy (non-hydrogen) atoms. The first-order valence-corrected chi connectivity index (χ1v) is 8.55. The fraction of sp³-hybridized carbons (Fsp3) is 0.238. The minimum absolute atomic E-state index is 0.163. The lowest BCUT2D eigenvalue weighted by Crippen LogP contribution is -2.24. The van der Waals surface area contributed by atoms with Crippen LogP contribution in [0.4, 0.5) is 0 Å². The number of benzene rings is 2. The largest absolute Gasteiger partial charge is 0.489 e. The summed E-state index contributed by atoms with van der Waals surface area (Å²) in [5, 5.41) is 2.65. The van der Waals surface area contributed by atoms with Crippen molar-refractivity contribution < 1.29 is 19.1 Å². The SMILES string of the molecule is CCOC(=O)CCNC(=O)/C=C/c1cccc(OCc2ccccc2)c1. The fourth-order valence-corrected chi connectivity index (χ4v) is 2.20. The van der Waals surface area contributed by atoms with E-state index in [1.807, 2.05) is 54.6 Å². The molecule has 5 heteroatoms.